The van der Waals surface area contributed by atoms with E-state index in [2.05, 4.69) is 62.9 Å². The van der Waals surface area contributed by atoms with Crippen LogP contribution in [0.1, 0.15) is 44.0 Å². The third-order valence-corrected chi connectivity index (χ3v) is 4.77. The number of ether oxygens (including phenoxy) is 1. The van der Waals surface area contributed by atoms with E-state index in [1.807, 2.05) is 23.0 Å². The van der Waals surface area contributed by atoms with Crippen LogP contribution in [-0.2, 0) is 11.9 Å². The molecule has 0 saturated heterocycles. The minimum Gasteiger partial charge on any atom is -0.486 e. The maximum absolute atomic E-state index is 5.84. The van der Waals surface area contributed by atoms with Gasteiger partial charge in [-0.15, -0.1) is 0 Å². The van der Waals surface area contributed by atoms with Gasteiger partial charge < -0.3 is 4.74 Å². The molecule has 0 atom stereocenters. The molecular formula is C16H20Br2N2O. The lowest BCUT2D eigenvalue weighted by Crippen LogP contribution is -2.08. The lowest BCUT2D eigenvalue weighted by Gasteiger charge is -2.12. The monoisotopic (exact) mass is 414 g/mol. The summed E-state index contributed by atoms with van der Waals surface area (Å²) in [5.41, 5.74) is 2.17. The van der Waals surface area contributed by atoms with Gasteiger partial charge in [-0.2, -0.15) is 5.10 Å². The van der Waals surface area contributed by atoms with Crippen LogP contribution in [0.15, 0.2) is 34.9 Å². The summed E-state index contributed by atoms with van der Waals surface area (Å²) in [5.74, 6) is 0.844. The number of benzene rings is 1. The minimum atomic E-state index is 0.476. The van der Waals surface area contributed by atoms with E-state index in [0.717, 1.165) is 34.1 Å². The largest absolute Gasteiger partial charge is 0.486 e. The van der Waals surface area contributed by atoms with Crippen molar-refractivity contribution in [2.45, 2.75) is 44.7 Å². The predicted octanol–water partition coefficient (Wildman–Crippen LogP) is 5.48. The molecule has 0 radical (unpaired) electrons. The van der Waals surface area contributed by atoms with Gasteiger partial charge in [0, 0.05) is 11.5 Å². The number of halogens is 2. The highest BCUT2D eigenvalue weighted by molar-refractivity contribution is 9.10. The Balaban J connectivity index is 2.00. The first kappa shape index (κ1) is 16.6. The predicted molar refractivity (Wildman–Crippen MR) is 93.0 cm³/mol. The molecule has 0 aliphatic rings. The molecule has 2 rings (SSSR count). The van der Waals surface area contributed by atoms with Crippen molar-refractivity contribution in [2.75, 3.05) is 0 Å². The summed E-state index contributed by atoms with van der Waals surface area (Å²) in [6.45, 7) is 4.86. The highest BCUT2D eigenvalue weighted by Crippen LogP contribution is 2.27. The van der Waals surface area contributed by atoms with E-state index in [1.54, 1.807) is 0 Å². The average molecular weight is 416 g/mol. The van der Waals surface area contributed by atoms with Gasteiger partial charge >= 0.3 is 0 Å². The first-order valence-corrected chi connectivity index (χ1v) is 9.10. The Morgan fingerprint density at radius 1 is 1.24 bits per heavy atom. The molecule has 0 aliphatic heterocycles. The fourth-order valence-electron chi connectivity index (χ4n) is 2.22. The van der Waals surface area contributed by atoms with Gasteiger partial charge in [-0.1, -0.05) is 35.8 Å². The van der Waals surface area contributed by atoms with Crippen molar-refractivity contribution in [1.29, 1.82) is 0 Å². The Morgan fingerprint density at radius 2 is 2.00 bits per heavy atom. The molecule has 114 valence electrons. The molecular weight excluding hydrogens is 396 g/mol. The Labute approximate surface area is 142 Å². The second-order valence-electron chi connectivity index (χ2n) is 4.94. The summed E-state index contributed by atoms with van der Waals surface area (Å²) >= 11 is 6.99. The highest BCUT2D eigenvalue weighted by atomic mass is 79.9. The zero-order valence-corrected chi connectivity index (χ0v) is 15.5. The molecule has 1 aromatic carbocycles. The molecule has 0 bridgehead atoms. The van der Waals surface area contributed by atoms with Gasteiger partial charge in [0.2, 0.25) is 0 Å². The average Bonchev–Trinajstić information content (AvgIpc) is 2.96. The number of hydrogen-bond donors (Lipinski definition) is 0. The van der Waals surface area contributed by atoms with E-state index in [9.17, 15) is 0 Å². The van der Waals surface area contributed by atoms with Gasteiger partial charge in [-0.25, -0.2) is 0 Å². The molecule has 21 heavy (non-hydrogen) atoms. The number of nitrogens with zero attached hydrogens (tertiary/aromatic N) is 2. The fraction of sp³-hybridized carbons (Fsp3) is 0.438. The molecule has 3 nitrogen and oxygen atoms in total. The van der Waals surface area contributed by atoms with Gasteiger partial charge in [0.1, 0.15) is 12.4 Å². The molecule has 1 aromatic heterocycles. The molecule has 0 aliphatic carbocycles. The van der Waals surface area contributed by atoms with Crippen LogP contribution in [-0.4, -0.2) is 9.78 Å². The van der Waals surface area contributed by atoms with Crippen LogP contribution in [0.4, 0.5) is 0 Å². The summed E-state index contributed by atoms with van der Waals surface area (Å²) in [7, 11) is 0. The first-order valence-electron chi connectivity index (χ1n) is 7.19. The fourth-order valence-corrected chi connectivity index (χ4v) is 3.11. The van der Waals surface area contributed by atoms with Crippen LogP contribution >= 0.6 is 31.9 Å². The second kappa shape index (κ2) is 7.99. The van der Waals surface area contributed by atoms with Gasteiger partial charge in [0.05, 0.1) is 16.2 Å². The summed E-state index contributed by atoms with van der Waals surface area (Å²) in [6, 6.07) is 8.60. The van der Waals surface area contributed by atoms with Crippen LogP contribution in [0.25, 0.3) is 0 Å². The summed E-state index contributed by atoms with van der Waals surface area (Å²) in [4.78, 5) is 0. The summed E-state index contributed by atoms with van der Waals surface area (Å²) in [5, 5.41) is 5.44. The zero-order valence-electron chi connectivity index (χ0n) is 12.4. The van der Waals surface area contributed by atoms with E-state index in [1.165, 1.54) is 5.56 Å². The molecule has 5 heteroatoms. The number of hydrogen-bond acceptors (Lipinski definition) is 2. The molecule has 0 amide bonds. The van der Waals surface area contributed by atoms with Crippen LogP contribution < -0.4 is 4.74 Å². The Morgan fingerprint density at radius 3 is 2.62 bits per heavy atom. The lowest BCUT2D eigenvalue weighted by molar-refractivity contribution is 0.295. The molecule has 2 aromatic rings. The SMILES string of the molecule is CCC(CC)n1ccc(COc2ccc(CBr)cc2Br)n1. The molecule has 0 fully saturated rings. The van der Waals surface area contributed by atoms with Crippen LogP contribution in [0.3, 0.4) is 0 Å². The van der Waals surface area contributed by atoms with E-state index in [4.69, 9.17) is 4.74 Å². The van der Waals surface area contributed by atoms with Gasteiger partial charge in [0.25, 0.3) is 0 Å². The van der Waals surface area contributed by atoms with E-state index in [0.29, 0.717) is 12.6 Å². The van der Waals surface area contributed by atoms with Crippen LogP contribution in [0.5, 0.6) is 5.75 Å². The van der Waals surface area contributed by atoms with Crippen LogP contribution in [0, 0.1) is 0 Å². The molecule has 0 N–H and O–H groups in total. The van der Waals surface area contributed by atoms with Crippen LogP contribution in [0.2, 0.25) is 0 Å². The molecule has 1 heterocycles. The number of alkyl halides is 1. The van der Waals surface area contributed by atoms with Crippen molar-refractivity contribution in [3.63, 3.8) is 0 Å². The van der Waals surface area contributed by atoms with E-state index < -0.39 is 0 Å². The lowest BCUT2D eigenvalue weighted by atomic mass is 10.2. The normalized spacial score (nSPS) is 11.1. The van der Waals surface area contributed by atoms with Crippen molar-refractivity contribution in [1.82, 2.24) is 9.78 Å². The van der Waals surface area contributed by atoms with Gasteiger partial charge in [0.15, 0.2) is 0 Å². The van der Waals surface area contributed by atoms with Gasteiger partial charge in [-0.3, -0.25) is 4.68 Å². The quantitative estimate of drug-likeness (QED) is 0.559. The first-order chi connectivity index (χ1) is 10.2. The second-order valence-corrected chi connectivity index (χ2v) is 6.36. The topological polar surface area (TPSA) is 27.1 Å². The maximum Gasteiger partial charge on any atom is 0.134 e. The standard InChI is InChI=1S/C16H20Br2N2O/c1-3-14(4-2)20-8-7-13(19-20)11-21-16-6-5-12(10-17)9-15(16)18/h5-9,14H,3-4,10-11H2,1-2H3. The summed E-state index contributed by atoms with van der Waals surface area (Å²) in [6.07, 6.45) is 4.23. The molecule has 0 spiro atoms. The highest BCUT2D eigenvalue weighted by Gasteiger charge is 2.09. The Hall–Kier alpha value is -0.810. The minimum absolute atomic E-state index is 0.476. The van der Waals surface area contributed by atoms with E-state index in [-0.39, 0.29) is 0 Å². The summed E-state index contributed by atoms with van der Waals surface area (Å²) < 4.78 is 8.86. The number of aromatic nitrogens is 2. The zero-order chi connectivity index (χ0) is 15.2. The number of rotatable bonds is 7. The van der Waals surface area contributed by atoms with Gasteiger partial charge in [-0.05, 0) is 52.5 Å². The van der Waals surface area contributed by atoms with Crippen molar-refractivity contribution in [3.05, 3.63) is 46.2 Å². The molecule has 0 unspecified atom stereocenters. The third kappa shape index (κ3) is 4.33. The third-order valence-electron chi connectivity index (χ3n) is 3.51. The van der Waals surface area contributed by atoms with Crippen molar-refractivity contribution < 1.29 is 4.74 Å². The maximum atomic E-state index is 5.84. The molecule has 0 saturated carbocycles. The van der Waals surface area contributed by atoms with Crippen molar-refractivity contribution >= 4 is 31.9 Å². The Bertz CT molecular complexity index is 579. The Kier molecular flexibility index (Phi) is 6.30. The smallest absolute Gasteiger partial charge is 0.134 e. The van der Waals surface area contributed by atoms with Crippen molar-refractivity contribution in [3.8, 4) is 5.75 Å². The van der Waals surface area contributed by atoms with Crippen molar-refractivity contribution in [2.24, 2.45) is 0 Å². The van der Waals surface area contributed by atoms with E-state index >= 15 is 0 Å².